The average molecular weight is 471 g/mol. The van der Waals surface area contributed by atoms with Gasteiger partial charge in [-0.2, -0.15) is 0 Å². The van der Waals surface area contributed by atoms with Gasteiger partial charge in [-0.1, -0.05) is 12.1 Å². The number of ether oxygens (including phenoxy) is 1. The third-order valence-electron chi connectivity index (χ3n) is 5.43. The van der Waals surface area contributed by atoms with Crippen molar-refractivity contribution < 1.29 is 17.9 Å². The number of sulfonamides is 1. The van der Waals surface area contributed by atoms with Crippen molar-refractivity contribution in [3.8, 4) is 5.75 Å². The van der Waals surface area contributed by atoms with Crippen molar-refractivity contribution in [2.45, 2.75) is 38.6 Å². The number of carbonyl (C=O) groups is 1. The van der Waals surface area contributed by atoms with Crippen molar-refractivity contribution in [2.24, 2.45) is 0 Å². The van der Waals surface area contributed by atoms with Gasteiger partial charge in [0.15, 0.2) is 0 Å². The molecule has 0 unspecified atom stereocenters. The van der Waals surface area contributed by atoms with Crippen molar-refractivity contribution in [1.29, 1.82) is 0 Å². The summed E-state index contributed by atoms with van der Waals surface area (Å²) < 4.78 is 35.9. The number of benzene rings is 2. The first kappa shape index (κ1) is 24.3. The summed E-state index contributed by atoms with van der Waals surface area (Å²) in [5.41, 5.74) is 3.17. The molecular formula is C24H30N4O4S. The van der Waals surface area contributed by atoms with Gasteiger partial charge in [0.25, 0.3) is 10.0 Å². The van der Waals surface area contributed by atoms with E-state index in [4.69, 9.17) is 4.74 Å². The zero-order chi connectivity index (χ0) is 24.0. The Morgan fingerprint density at radius 3 is 2.58 bits per heavy atom. The number of aromatic nitrogens is 2. The average Bonchev–Trinajstić information content (AvgIpc) is 3.30. The molecule has 3 rings (SSSR count). The number of anilines is 1. The van der Waals surface area contributed by atoms with Crippen LogP contribution in [-0.4, -0.2) is 44.1 Å². The summed E-state index contributed by atoms with van der Waals surface area (Å²) in [6, 6.07) is 10.3. The number of nitrogens with zero attached hydrogens (tertiary/aromatic N) is 3. The number of hydrogen-bond acceptors (Lipinski definition) is 5. The van der Waals surface area contributed by atoms with Crippen LogP contribution in [0.2, 0.25) is 0 Å². The fraction of sp³-hybridized carbons (Fsp3) is 0.333. The molecule has 0 spiro atoms. The largest absolute Gasteiger partial charge is 0.495 e. The van der Waals surface area contributed by atoms with Crippen molar-refractivity contribution in [3.05, 3.63) is 71.8 Å². The van der Waals surface area contributed by atoms with Crippen LogP contribution in [0.25, 0.3) is 0 Å². The summed E-state index contributed by atoms with van der Waals surface area (Å²) in [4.78, 5) is 16.8. The van der Waals surface area contributed by atoms with E-state index in [1.165, 1.54) is 7.11 Å². The van der Waals surface area contributed by atoms with E-state index in [1.807, 2.05) is 37.6 Å². The second-order valence-corrected chi connectivity index (χ2v) is 9.77. The predicted octanol–water partition coefficient (Wildman–Crippen LogP) is 3.22. The Morgan fingerprint density at radius 2 is 1.91 bits per heavy atom. The van der Waals surface area contributed by atoms with Gasteiger partial charge in [-0.15, -0.1) is 0 Å². The van der Waals surface area contributed by atoms with Gasteiger partial charge in [-0.3, -0.25) is 9.10 Å². The SMILES string of the molecule is COc1ccc(C)cc1S(=O)(=O)N(CC(=O)NCCCn1ccnc1)c1ccc(C)c(C)c1. The molecule has 1 N–H and O–H groups in total. The molecule has 0 saturated heterocycles. The maximum absolute atomic E-state index is 13.7. The maximum Gasteiger partial charge on any atom is 0.268 e. The molecule has 0 aliphatic heterocycles. The van der Waals surface area contributed by atoms with Crippen LogP contribution in [0.15, 0.2) is 60.0 Å². The molecule has 1 aromatic heterocycles. The van der Waals surface area contributed by atoms with Gasteiger partial charge in [0.1, 0.15) is 17.2 Å². The molecule has 1 heterocycles. The number of aryl methyl sites for hydroxylation is 4. The first-order valence-electron chi connectivity index (χ1n) is 10.7. The molecule has 0 radical (unpaired) electrons. The number of rotatable bonds is 10. The number of carbonyl (C=O) groups excluding carboxylic acids is 1. The van der Waals surface area contributed by atoms with Gasteiger partial charge in [-0.25, -0.2) is 13.4 Å². The number of amides is 1. The van der Waals surface area contributed by atoms with Crippen LogP contribution in [0, 0.1) is 20.8 Å². The summed E-state index contributed by atoms with van der Waals surface area (Å²) in [7, 11) is -2.65. The highest BCUT2D eigenvalue weighted by molar-refractivity contribution is 7.93. The molecule has 3 aromatic rings. The van der Waals surface area contributed by atoms with E-state index in [1.54, 1.807) is 42.9 Å². The van der Waals surface area contributed by atoms with E-state index in [-0.39, 0.29) is 23.1 Å². The molecule has 1 amide bonds. The summed E-state index contributed by atoms with van der Waals surface area (Å²) in [5, 5.41) is 2.82. The van der Waals surface area contributed by atoms with E-state index in [2.05, 4.69) is 10.3 Å². The zero-order valence-electron chi connectivity index (χ0n) is 19.4. The van der Waals surface area contributed by atoms with Crippen molar-refractivity contribution in [2.75, 3.05) is 24.5 Å². The van der Waals surface area contributed by atoms with E-state index in [0.717, 1.165) is 21.0 Å². The highest BCUT2D eigenvalue weighted by Crippen LogP contribution is 2.31. The van der Waals surface area contributed by atoms with Gasteiger partial charge in [0.05, 0.1) is 19.1 Å². The number of hydrogen-bond donors (Lipinski definition) is 1. The first-order chi connectivity index (χ1) is 15.7. The van der Waals surface area contributed by atoms with Crippen LogP contribution in [0.4, 0.5) is 5.69 Å². The Kier molecular flexibility index (Phi) is 7.75. The summed E-state index contributed by atoms with van der Waals surface area (Å²) in [6.07, 6.45) is 5.96. The summed E-state index contributed by atoms with van der Waals surface area (Å²) in [5.74, 6) is -0.149. The Morgan fingerprint density at radius 1 is 1.12 bits per heavy atom. The molecule has 0 bridgehead atoms. The van der Waals surface area contributed by atoms with Crippen molar-refractivity contribution >= 4 is 21.6 Å². The lowest BCUT2D eigenvalue weighted by Gasteiger charge is -2.26. The topological polar surface area (TPSA) is 93.5 Å². The van der Waals surface area contributed by atoms with Gasteiger partial charge >= 0.3 is 0 Å². The molecule has 2 aromatic carbocycles. The Bertz CT molecular complexity index is 1210. The van der Waals surface area contributed by atoms with Gasteiger partial charge in [0, 0.05) is 25.5 Å². The third-order valence-corrected chi connectivity index (χ3v) is 7.22. The lowest BCUT2D eigenvalue weighted by atomic mass is 10.1. The molecule has 0 aliphatic rings. The predicted molar refractivity (Wildman–Crippen MR) is 128 cm³/mol. The number of methoxy groups -OCH3 is 1. The van der Waals surface area contributed by atoms with Crippen LogP contribution in [-0.2, 0) is 21.4 Å². The van der Waals surface area contributed by atoms with E-state index < -0.39 is 10.0 Å². The minimum atomic E-state index is -4.07. The minimum absolute atomic E-state index is 0.0242. The van der Waals surface area contributed by atoms with Gasteiger partial charge < -0.3 is 14.6 Å². The second-order valence-electron chi connectivity index (χ2n) is 7.94. The van der Waals surface area contributed by atoms with Gasteiger partial charge in [0.2, 0.25) is 5.91 Å². The second kappa shape index (κ2) is 10.5. The highest BCUT2D eigenvalue weighted by atomic mass is 32.2. The lowest BCUT2D eigenvalue weighted by Crippen LogP contribution is -2.41. The maximum atomic E-state index is 13.7. The van der Waals surface area contributed by atoms with Crippen LogP contribution in [0.3, 0.4) is 0 Å². The molecule has 0 aliphatic carbocycles. The third kappa shape index (κ3) is 5.92. The zero-order valence-corrected chi connectivity index (χ0v) is 20.2. The van der Waals surface area contributed by atoms with Crippen LogP contribution < -0.4 is 14.4 Å². The van der Waals surface area contributed by atoms with Gasteiger partial charge in [-0.05, 0) is 68.1 Å². The molecule has 176 valence electrons. The smallest absolute Gasteiger partial charge is 0.268 e. The number of imidazole rings is 1. The molecule has 9 heteroatoms. The molecule has 0 saturated carbocycles. The molecule has 0 atom stereocenters. The summed E-state index contributed by atoms with van der Waals surface area (Å²) in [6.45, 7) is 6.46. The first-order valence-corrected chi connectivity index (χ1v) is 12.1. The van der Waals surface area contributed by atoms with Crippen LogP contribution >= 0.6 is 0 Å². The normalized spacial score (nSPS) is 11.3. The molecule has 8 nitrogen and oxygen atoms in total. The Labute approximate surface area is 195 Å². The molecular weight excluding hydrogens is 440 g/mol. The fourth-order valence-electron chi connectivity index (χ4n) is 3.39. The molecule has 33 heavy (non-hydrogen) atoms. The van der Waals surface area contributed by atoms with Crippen LogP contribution in [0.1, 0.15) is 23.1 Å². The van der Waals surface area contributed by atoms with E-state index in [9.17, 15) is 13.2 Å². The highest BCUT2D eigenvalue weighted by Gasteiger charge is 2.30. The van der Waals surface area contributed by atoms with E-state index in [0.29, 0.717) is 25.2 Å². The monoisotopic (exact) mass is 470 g/mol. The van der Waals surface area contributed by atoms with E-state index >= 15 is 0 Å². The lowest BCUT2D eigenvalue weighted by molar-refractivity contribution is -0.119. The standard InChI is InChI=1S/C24H30N4O4S/c1-18-6-9-22(32-4)23(14-18)33(30,31)28(21-8-7-19(2)20(3)15-21)16-24(29)26-10-5-12-27-13-11-25-17-27/h6-9,11,13-15,17H,5,10,12,16H2,1-4H3,(H,26,29). The Hall–Kier alpha value is -3.33. The van der Waals surface area contributed by atoms with Crippen LogP contribution in [0.5, 0.6) is 5.75 Å². The quantitative estimate of drug-likeness (QED) is 0.459. The Balaban J connectivity index is 1.85. The fourth-order valence-corrected chi connectivity index (χ4v) is 5.05. The van der Waals surface area contributed by atoms with Crippen molar-refractivity contribution in [1.82, 2.24) is 14.9 Å². The summed E-state index contributed by atoms with van der Waals surface area (Å²) >= 11 is 0. The number of nitrogens with one attached hydrogen (secondary N) is 1. The minimum Gasteiger partial charge on any atom is -0.495 e. The molecule has 0 fully saturated rings. The van der Waals surface area contributed by atoms with Crippen molar-refractivity contribution in [3.63, 3.8) is 0 Å².